The van der Waals surface area contributed by atoms with Gasteiger partial charge in [-0.3, -0.25) is 14.6 Å². The summed E-state index contributed by atoms with van der Waals surface area (Å²) < 4.78 is 17.9. The minimum Gasteiger partial charge on any atom is -0.494 e. The predicted octanol–water partition coefficient (Wildman–Crippen LogP) is 5.16. The Morgan fingerprint density at radius 1 is 1.20 bits per heavy atom. The third kappa shape index (κ3) is 6.31. The Bertz CT molecular complexity index is 1130. The first-order valence-electron chi connectivity index (χ1n) is 12.4. The highest BCUT2D eigenvalue weighted by molar-refractivity contribution is 7.22. The molecule has 2 heterocycles. The van der Waals surface area contributed by atoms with Crippen LogP contribution in [0.5, 0.6) is 11.5 Å². The number of fused-ring (bicyclic) bond motifs is 1. The molecule has 1 saturated heterocycles. The van der Waals surface area contributed by atoms with Gasteiger partial charge in [-0.1, -0.05) is 36.8 Å². The number of rotatable bonds is 11. The maximum atomic E-state index is 13.8. The molecule has 1 aromatic heterocycles. The van der Waals surface area contributed by atoms with Gasteiger partial charge in [0.15, 0.2) is 5.13 Å². The largest absolute Gasteiger partial charge is 0.494 e. The molecule has 0 radical (unpaired) electrons. The summed E-state index contributed by atoms with van der Waals surface area (Å²) in [4.78, 5) is 22.9. The fraction of sp³-hybridized carbons (Fsp3) is 0.481. The van der Waals surface area contributed by atoms with Crippen molar-refractivity contribution in [3.63, 3.8) is 0 Å². The van der Waals surface area contributed by atoms with Gasteiger partial charge >= 0.3 is 0 Å². The van der Waals surface area contributed by atoms with Crippen LogP contribution in [0.2, 0.25) is 0 Å². The Labute approximate surface area is 211 Å². The van der Waals surface area contributed by atoms with Gasteiger partial charge in [-0.25, -0.2) is 4.98 Å². The van der Waals surface area contributed by atoms with Crippen molar-refractivity contribution in [2.45, 2.75) is 33.1 Å². The number of aromatic nitrogens is 1. The molecule has 0 unspecified atom stereocenters. The van der Waals surface area contributed by atoms with Crippen molar-refractivity contribution < 1.29 is 19.0 Å². The summed E-state index contributed by atoms with van der Waals surface area (Å²) in [5.74, 6) is 1.38. The van der Waals surface area contributed by atoms with E-state index in [1.807, 2.05) is 41.3 Å². The van der Waals surface area contributed by atoms with Gasteiger partial charge in [0.05, 0.1) is 31.6 Å². The number of hydrogen-bond donors (Lipinski definition) is 0. The Morgan fingerprint density at radius 3 is 2.80 bits per heavy atom. The summed E-state index contributed by atoms with van der Waals surface area (Å²) in [5.41, 5.74) is 2.53. The lowest BCUT2D eigenvalue weighted by molar-refractivity contribution is 0.0376. The molecule has 1 aliphatic heterocycles. The maximum Gasteiger partial charge on any atom is 0.260 e. The van der Waals surface area contributed by atoms with Gasteiger partial charge in [-0.05, 0) is 49.6 Å². The summed E-state index contributed by atoms with van der Waals surface area (Å²) in [6.45, 7) is 9.74. The molecular weight excluding hydrogens is 462 g/mol. The van der Waals surface area contributed by atoms with Crippen molar-refractivity contribution >= 4 is 32.6 Å². The SMILES string of the molecule is CCCCOc1cccc(C(=O)N(CCCN2CCOCC2)c2nc3c(OC)ccc(C)c3s2)c1. The molecule has 0 spiro atoms. The second kappa shape index (κ2) is 12.3. The van der Waals surface area contributed by atoms with Crippen LogP contribution in [0.25, 0.3) is 10.2 Å². The second-order valence-electron chi connectivity index (χ2n) is 8.75. The van der Waals surface area contributed by atoms with Gasteiger partial charge in [0.1, 0.15) is 17.0 Å². The summed E-state index contributed by atoms with van der Waals surface area (Å²) in [7, 11) is 1.65. The van der Waals surface area contributed by atoms with E-state index in [0.29, 0.717) is 23.8 Å². The van der Waals surface area contributed by atoms with Crippen LogP contribution in [0.15, 0.2) is 36.4 Å². The van der Waals surface area contributed by atoms with Crippen molar-refractivity contribution in [3.05, 3.63) is 47.5 Å². The van der Waals surface area contributed by atoms with Crippen molar-refractivity contribution in [1.82, 2.24) is 9.88 Å². The predicted molar refractivity (Wildman–Crippen MR) is 141 cm³/mol. The maximum absolute atomic E-state index is 13.8. The van der Waals surface area contributed by atoms with Crippen LogP contribution >= 0.6 is 11.3 Å². The number of morpholine rings is 1. The van der Waals surface area contributed by atoms with E-state index in [4.69, 9.17) is 19.2 Å². The molecule has 0 bridgehead atoms. The number of aryl methyl sites for hydroxylation is 1. The van der Waals surface area contributed by atoms with E-state index >= 15 is 0 Å². The van der Waals surface area contributed by atoms with Crippen molar-refractivity contribution in [2.75, 3.05) is 58.0 Å². The molecule has 188 valence electrons. The molecule has 0 aliphatic carbocycles. The van der Waals surface area contributed by atoms with E-state index in [1.54, 1.807) is 18.4 Å². The number of hydrogen-bond acceptors (Lipinski definition) is 7. The summed E-state index contributed by atoms with van der Waals surface area (Å²) in [6.07, 6.45) is 2.90. The van der Waals surface area contributed by atoms with Crippen LogP contribution in [0.4, 0.5) is 5.13 Å². The molecule has 1 aliphatic rings. The number of carbonyl (C=O) groups excluding carboxylic acids is 1. The first-order valence-corrected chi connectivity index (χ1v) is 13.2. The van der Waals surface area contributed by atoms with Crippen LogP contribution in [-0.2, 0) is 4.74 Å². The molecule has 35 heavy (non-hydrogen) atoms. The summed E-state index contributed by atoms with van der Waals surface area (Å²) >= 11 is 1.54. The standard InChI is InChI=1S/C27H35N3O4S/c1-4-5-16-34-22-9-6-8-21(19-22)26(31)30(13-7-12-29-14-17-33-18-15-29)27-28-24-23(32-3)11-10-20(2)25(24)35-27/h6,8-11,19H,4-5,7,12-18H2,1-3H3. The molecule has 3 aromatic rings. The third-order valence-electron chi connectivity index (χ3n) is 6.20. The van der Waals surface area contributed by atoms with Gasteiger partial charge < -0.3 is 14.2 Å². The quantitative estimate of drug-likeness (QED) is 0.341. The third-order valence-corrected chi connectivity index (χ3v) is 7.41. The van der Waals surface area contributed by atoms with Crippen LogP contribution in [0.3, 0.4) is 0 Å². The zero-order valence-electron chi connectivity index (χ0n) is 20.9. The number of benzene rings is 2. The highest BCUT2D eigenvalue weighted by Gasteiger charge is 2.23. The summed E-state index contributed by atoms with van der Waals surface area (Å²) in [6, 6.07) is 11.4. The minimum absolute atomic E-state index is 0.0661. The zero-order chi connectivity index (χ0) is 24.6. The Hall–Kier alpha value is -2.68. The normalized spacial score (nSPS) is 14.3. The van der Waals surface area contributed by atoms with E-state index in [0.717, 1.165) is 79.4 Å². The molecule has 8 heteroatoms. The molecule has 4 rings (SSSR count). The number of carbonyl (C=O) groups is 1. The van der Waals surface area contributed by atoms with E-state index in [9.17, 15) is 4.79 Å². The smallest absolute Gasteiger partial charge is 0.260 e. The average molecular weight is 498 g/mol. The number of ether oxygens (including phenoxy) is 3. The number of anilines is 1. The highest BCUT2D eigenvalue weighted by atomic mass is 32.1. The van der Waals surface area contributed by atoms with E-state index in [2.05, 4.69) is 18.7 Å². The minimum atomic E-state index is -0.0661. The van der Waals surface area contributed by atoms with E-state index in [-0.39, 0.29) is 5.91 Å². The topological polar surface area (TPSA) is 64.1 Å². The Kier molecular flexibility index (Phi) is 8.95. The van der Waals surface area contributed by atoms with Crippen LogP contribution in [0.1, 0.15) is 42.1 Å². The number of amides is 1. The molecular formula is C27H35N3O4S. The van der Waals surface area contributed by atoms with E-state index < -0.39 is 0 Å². The molecule has 2 aromatic carbocycles. The highest BCUT2D eigenvalue weighted by Crippen LogP contribution is 2.37. The molecule has 1 fully saturated rings. The number of methoxy groups -OCH3 is 1. The number of thiazole rings is 1. The van der Waals surface area contributed by atoms with Crippen LogP contribution in [0, 0.1) is 6.92 Å². The zero-order valence-corrected chi connectivity index (χ0v) is 21.7. The number of nitrogens with zero attached hydrogens (tertiary/aromatic N) is 3. The second-order valence-corrected chi connectivity index (χ2v) is 9.73. The Balaban J connectivity index is 1.60. The van der Waals surface area contributed by atoms with Crippen molar-refractivity contribution in [2.24, 2.45) is 0 Å². The van der Waals surface area contributed by atoms with Gasteiger partial charge in [-0.2, -0.15) is 0 Å². The van der Waals surface area contributed by atoms with Gasteiger partial charge in [0, 0.05) is 31.7 Å². The van der Waals surface area contributed by atoms with Crippen LogP contribution < -0.4 is 14.4 Å². The number of unbranched alkanes of at least 4 members (excludes halogenated alkanes) is 1. The molecule has 0 atom stereocenters. The lowest BCUT2D eigenvalue weighted by atomic mass is 10.2. The van der Waals surface area contributed by atoms with Crippen LogP contribution in [-0.4, -0.2) is 68.9 Å². The molecule has 0 N–H and O–H groups in total. The fourth-order valence-electron chi connectivity index (χ4n) is 4.15. The monoisotopic (exact) mass is 497 g/mol. The van der Waals surface area contributed by atoms with E-state index in [1.165, 1.54) is 0 Å². The molecule has 0 saturated carbocycles. The first kappa shape index (κ1) is 25.4. The van der Waals surface area contributed by atoms with Crippen molar-refractivity contribution in [1.29, 1.82) is 0 Å². The van der Waals surface area contributed by atoms with Gasteiger partial charge in [0.25, 0.3) is 5.91 Å². The lowest BCUT2D eigenvalue weighted by Crippen LogP contribution is -2.39. The first-order chi connectivity index (χ1) is 17.1. The molecule has 7 nitrogen and oxygen atoms in total. The van der Waals surface area contributed by atoms with Gasteiger partial charge in [-0.15, -0.1) is 0 Å². The van der Waals surface area contributed by atoms with Crippen molar-refractivity contribution in [3.8, 4) is 11.5 Å². The Morgan fingerprint density at radius 2 is 2.03 bits per heavy atom. The lowest BCUT2D eigenvalue weighted by Gasteiger charge is -2.27. The fourth-order valence-corrected chi connectivity index (χ4v) is 5.22. The average Bonchev–Trinajstić information content (AvgIpc) is 3.34. The molecule has 1 amide bonds. The summed E-state index contributed by atoms with van der Waals surface area (Å²) in [5, 5.41) is 0.692. The van der Waals surface area contributed by atoms with Gasteiger partial charge in [0.2, 0.25) is 0 Å².